The van der Waals surface area contributed by atoms with E-state index in [0.717, 1.165) is 12.3 Å². The molecule has 0 aromatic carbocycles. The average molecular weight is 154 g/mol. The molecule has 0 aliphatic carbocycles. The van der Waals surface area contributed by atoms with Crippen molar-refractivity contribution in [3.05, 3.63) is 0 Å². The van der Waals surface area contributed by atoms with Gasteiger partial charge in [-0.2, -0.15) is 0 Å². The van der Waals surface area contributed by atoms with Crippen molar-refractivity contribution in [1.29, 1.82) is 0 Å². The molecule has 62 valence electrons. The fourth-order valence-corrected chi connectivity index (χ4v) is 0.974. The van der Waals surface area contributed by atoms with E-state index in [1.807, 2.05) is 6.92 Å². The highest BCUT2D eigenvalue weighted by Crippen LogP contribution is 2.08. The summed E-state index contributed by atoms with van der Waals surface area (Å²) in [6.45, 7) is 5.96. The Kier molecular flexibility index (Phi) is 2.27. The molecule has 0 aromatic rings. The summed E-state index contributed by atoms with van der Waals surface area (Å²) in [5.41, 5.74) is 0. The quantitative estimate of drug-likeness (QED) is 0.632. The molecule has 0 spiro atoms. The summed E-state index contributed by atoms with van der Waals surface area (Å²) < 4.78 is 0. The number of rotatable bonds is 2. The van der Waals surface area contributed by atoms with Crippen molar-refractivity contribution in [2.75, 3.05) is 0 Å². The predicted octanol–water partition coefficient (Wildman–Crippen LogP) is 0.949. The summed E-state index contributed by atoms with van der Waals surface area (Å²) in [5.74, 6) is 1.26. The molecule has 3 nitrogen and oxygen atoms in total. The molecule has 0 saturated heterocycles. The summed E-state index contributed by atoms with van der Waals surface area (Å²) in [4.78, 5) is 15.2. The van der Waals surface area contributed by atoms with Gasteiger partial charge < -0.3 is 5.32 Å². The third-order valence-electron chi connectivity index (χ3n) is 2.04. The molecule has 0 saturated carbocycles. The van der Waals surface area contributed by atoms with Gasteiger partial charge in [0.15, 0.2) is 0 Å². The van der Waals surface area contributed by atoms with E-state index in [4.69, 9.17) is 0 Å². The van der Waals surface area contributed by atoms with E-state index in [2.05, 4.69) is 24.2 Å². The maximum atomic E-state index is 11.0. The number of amides is 1. The van der Waals surface area contributed by atoms with E-state index in [9.17, 15) is 4.79 Å². The maximum absolute atomic E-state index is 11.0. The van der Waals surface area contributed by atoms with Crippen LogP contribution in [0.4, 0.5) is 0 Å². The Hall–Kier alpha value is -0.860. The molecule has 0 fully saturated rings. The Morgan fingerprint density at radius 2 is 2.36 bits per heavy atom. The fourth-order valence-electron chi connectivity index (χ4n) is 0.974. The third-order valence-corrected chi connectivity index (χ3v) is 2.04. The van der Waals surface area contributed by atoms with Gasteiger partial charge in [-0.25, -0.2) is 0 Å². The number of carbonyl (C=O) groups is 1. The Balaban J connectivity index is 2.63. The van der Waals surface area contributed by atoms with E-state index in [1.54, 1.807) is 0 Å². The highest BCUT2D eigenvalue weighted by atomic mass is 16.2. The number of nitrogens with zero attached hydrogens (tertiary/aromatic N) is 1. The monoisotopic (exact) mass is 154 g/mol. The van der Waals surface area contributed by atoms with Gasteiger partial charge in [-0.1, -0.05) is 13.8 Å². The molecule has 1 N–H and O–H groups in total. The van der Waals surface area contributed by atoms with E-state index >= 15 is 0 Å². The van der Waals surface area contributed by atoms with Gasteiger partial charge in [0.1, 0.15) is 11.9 Å². The molecule has 1 rings (SSSR count). The lowest BCUT2D eigenvalue weighted by Crippen LogP contribution is -2.30. The number of amidine groups is 1. The van der Waals surface area contributed by atoms with Gasteiger partial charge in [0, 0.05) is 5.92 Å². The van der Waals surface area contributed by atoms with E-state index in [-0.39, 0.29) is 11.9 Å². The summed E-state index contributed by atoms with van der Waals surface area (Å²) in [5, 5.41) is 2.77. The van der Waals surface area contributed by atoms with Crippen molar-refractivity contribution < 1.29 is 4.79 Å². The van der Waals surface area contributed by atoms with Crippen molar-refractivity contribution in [2.24, 2.45) is 10.9 Å². The van der Waals surface area contributed by atoms with Crippen LogP contribution in [0, 0.1) is 5.92 Å². The van der Waals surface area contributed by atoms with Gasteiger partial charge in [-0.3, -0.25) is 9.79 Å². The second-order valence-corrected chi connectivity index (χ2v) is 2.99. The Morgan fingerprint density at radius 1 is 1.73 bits per heavy atom. The van der Waals surface area contributed by atoms with Crippen LogP contribution in [0.2, 0.25) is 0 Å². The van der Waals surface area contributed by atoms with Gasteiger partial charge >= 0.3 is 0 Å². The standard InChI is InChI=1S/C8H14N2O/c1-4-5(2)7-9-6(3)8(11)10-7/h5-6H,4H2,1-3H3,(H,9,10,11). The smallest absolute Gasteiger partial charge is 0.249 e. The van der Waals surface area contributed by atoms with Gasteiger partial charge in [-0.15, -0.1) is 0 Å². The predicted molar refractivity (Wildman–Crippen MR) is 44.5 cm³/mol. The first-order valence-electron chi connectivity index (χ1n) is 4.03. The lowest BCUT2D eigenvalue weighted by atomic mass is 10.1. The zero-order chi connectivity index (χ0) is 8.43. The largest absolute Gasteiger partial charge is 0.312 e. The highest BCUT2D eigenvalue weighted by molar-refractivity contribution is 6.06. The van der Waals surface area contributed by atoms with Crippen LogP contribution in [0.5, 0.6) is 0 Å². The van der Waals surface area contributed by atoms with Crippen molar-refractivity contribution in [3.8, 4) is 0 Å². The first kappa shape index (κ1) is 8.24. The van der Waals surface area contributed by atoms with Crippen molar-refractivity contribution >= 4 is 11.7 Å². The molecule has 1 aliphatic heterocycles. The van der Waals surface area contributed by atoms with Crippen LogP contribution in [0.25, 0.3) is 0 Å². The summed E-state index contributed by atoms with van der Waals surface area (Å²) in [6, 6.07) is -0.181. The molecule has 1 aliphatic rings. The number of nitrogens with one attached hydrogen (secondary N) is 1. The topological polar surface area (TPSA) is 41.5 Å². The number of carbonyl (C=O) groups excluding carboxylic acids is 1. The molecule has 0 radical (unpaired) electrons. The maximum Gasteiger partial charge on any atom is 0.249 e. The fraction of sp³-hybridized carbons (Fsp3) is 0.750. The number of hydrogen-bond donors (Lipinski definition) is 1. The van der Waals surface area contributed by atoms with Crippen LogP contribution in [0.15, 0.2) is 4.99 Å². The second kappa shape index (κ2) is 3.03. The molecule has 11 heavy (non-hydrogen) atoms. The van der Waals surface area contributed by atoms with Crippen LogP contribution < -0.4 is 5.32 Å². The first-order chi connectivity index (χ1) is 5.15. The van der Waals surface area contributed by atoms with Gasteiger partial charge in [0.25, 0.3) is 0 Å². The molecule has 2 atom stereocenters. The van der Waals surface area contributed by atoms with Crippen LogP contribution >= 0.6 is 0 Å². The Bertz CT molecular complexity index is 198. The van der Waals surface area contributed by atoms with Crippen molar-refractivity contribution in [3.63, 3.8) is 0 Å². The van der Waals surface area contributed by atoms with Crippen LogP contribution in [0.3, 0.4) is 0 Å². The van der Waals surface area contributed by atoms with Gasteiger partial charge in [0.05, 0.1) is 0 Å². The normalized spacial score (nSPS) is 26.3. The minimum Gasteiger partial charge on any atom is -0.312 e. The van der Waals surface area contributed by atoms with Crippen LogP contribution in [-0.4, -0.2) is 17.8 Å². The first-order valence-corrected chi connectivity index (χ1v) is 4.03. The Morgan fingerprint density at radius 3 is 2.73 bits per heavy atom. The average Bonchev–Trinajstić information content (AvgIpc) is 2.31. The number of aliphatic imine (C=N–C) groups is 1. The summed E-state index contributed by atoms with van der Waals surface area (Å²) in [6.07, 6.45) is 1.02. The van der Waals surface area contributed by atoms with Crippen LogP contribution in [0.1, 0.15) is 27.2 Å². The highest BCUT2D eigenvalue weighted by Gasteiger charge is 2.23. The van der Waals surface area contributed by atoms with E-state index in [1.165, 1.54) is 0 Å². The lowest BCUT2D eigenvalue weighted by Gasteiger charge is -2.06. The molecule has 1 heterocycles. The van der Waals surface area contributed by atoms with E-state index in [0.29, 0.717) is 5.92 Å². The zero-order valence-electron chi connectivity index (χ0n) is 7.22. The molecule has 0 aromatic heterocycles. The second-order valence-electron chi connectivity index (χ2n) is 2.99. The molecule has 2 unspecified atom stereocenters. The van der Waals surface area contributed by atoms with Crippen LogP contribution in [-0.2, 0) is 4.79 Å². The van der Waals surface area contributed by atoms with Gasteiger partial charge in [0.2, 0.25) is 5.91 Å². The molecule has 1 amide bonds. The molecule has 0 bridgehead atoms. The van der Waals surface area contributed by atoms with Crippen molar-refractivity contribution in [2.45, 2.75) is 33.2 Å². The minimum absolute atomic E-state index is 0.0281. The summed E-state index contributed by atoms with van der Waals surface area (Å²) >= 11 is 0. The number of hydrogen-bond acceptors (Lipinski definition) is 2. The molecular weight excluding hydrogens is 140 g/mol. The lowest BCUT2D eigenvalue weighted by molar-refractivity contribution is -0.119. The Labute approximate surface area is 66.9 Å². The molecular formula is C8H14N2O. The van der Waals surface area contributed by atoms with E-state index < -0.39 is 0 Å². The third kappa shape index (κ3) is 1.59. The summed E-state index contributed by atoms with van der Waals surface area (Å²) in [7, 11) is 0. The van der Waals surface area contributed by atoms with Gasteiger partial charge in [-0.05, 0) is 13.3 Å². The SMILES string of the molecule is CCC(C)C1=NC(C)C(=O)N1. The zero-order valence-corrected chi connectivity index (χ0v) is 7.22. The van der Waals surface area contributed by atoms with Crippen molar-refractivity contribution in [1.82, 2.24) is 5.32 Å². The minimum atomic E-state index is -0.181. The molecule has 3 heteroatoms.